The maximum absolute atomic E-state index is 12.0. The molecule has 0 aliphatic rings. The lowest BCUT2D eigenvalue weighted by Crippen LogP contribution is -2.33. The van der Waals surface area contributed by atoms with Crippen molar-refractivity contribution in [3.05, 3.63) is 48.0 Å². The number of hydrogen-bond donors (Lipinski definition) is 2. The molecule has 1 unspecified atom stereocenters. The van der Waals surface area contributed by atoms with Crippen molar-refractivity contribution in [1.82, 2.24) is 5.32 Å². The maximum atomic E-state index is 12.0. The summed E-state index contributed by atoms with van der Waals surface area (Å²) in [4.78, 5) is 12.0. The van der Waals surface area contributed by atoms with Crippen LogP contribution in [0.4, 0.5) is 0 Å². The lowest BCUT2D eigenvalue weighted by molar-refractivity contribution is -0.122. The van der Waals surface area contributed by atoms with Crippen LogP contribution in [0.5, 0.6) is 0 Å². The lowest BCUT2D eigenvalue weighted by atomic mass is 10.0. The van der Waals surface area contributed by atoms with Crippen LogP contribution in [0.3, 0.4) is 0 Å². The number of nitrogens with one attached hydrogen (secondary N) is 1. The Balaban J connectivity index is 0.00000264. The summed E-state index contributed by atoms with van der Waals surface area (Å²) in [5.74, 6) is 0.0170. The fourth-order valence-corrected chi connectivity index (χ4v) is 2.45. The Morgan fingerprint density at radius 2 is 1.96 bits per heavy atom. The quantitative estimate of drug-likeness (QED) is 0.728. The molecule has 0 bridgehead atoms. The molecule has 126 valence electrons. The highest BCUT2D eigenvalue weighted by Gasteiger charge is 2.13. The third-order valence-corrected chi connectivity index (χ3v) is 3.64. The van der Waals surface area contributed by atoms with Crippen LogP contribution >= 0.6 is 12.4 Å². The molecule has 0 spiro atoms. The van der Waals surface area contributed by atoms with Crippen LogP contribution in [0.1, 0.15) is 31.4 Å². The maximum Gasteiger partial charge on any atom is 0.220 e. The molecule has 0 saturated carbocycles. The average Bonchev–Trinajstić information content (AvgIpc) is 2.56. The fourth-order valence-electron chi connectivity index (χ4n) is 2.45. The smallest absolute Gasteiger partial charge is 0.220 e. The number of halogens is 1. The molecule has 0 aliphatic carbocycles. The third kappa shape index (κ3) is 5.82. The first-order valence-electron chi connectivity index (χ1n) is 7.80. The minimum absolute atomic E-state index is 0. The molecule has 0 saturated heterocycles. The summed E-state index contributed by atoms with van der Waals surface area (Å²) in [5, 5.41) is 5.35. The van der Waals surface area contributed by atoms with Crippen LogP contribution in [0, 0.1) is 0 Å². The standard InChI is InChI=1S/C18H24N2O2.ClH/c1-2-22-11-5-8-18(21)20-17(13-19)16-10-9-14-6-3-4-7-15(14)12-16;/h3-4,6-7,9-10,12,17H,2,5,8,11,13,19H2,1H3,(H,20,21);1H. The van der Waals surface area contributed by atoms with E-state index in [1.54, 1.807) is 0 Å². The van der Waals surface area contributed by atoms with E-state index < -0.39 is 0 Å². The Labute approximate surface area is 143 Å². The molecule has 0 heterocycles. The van der Waals surface area contributed by atoms with Gasteiger partial charge in [0.05, 0.1) is 6.04 Å². The molecule has 2 aromatic carbocycles. The Bertz CT molecular complexity index is 619. The van der Waals surface area contributed by atoms with Crippen molar-refractivity contribution in [2.45, 2.75) is 25.8 Å². The monoisotopic (exact) mass is 336 g/mol. The summed E-state index contributed by atoms with van der Waals surface area (Å²) >= 11 is 0. The van der Waals surface area contributed by atoms with Crippen molar-refractivity contribution >= 4 is 29.1 Å². The first-order valence-corrected chi connectivity index (χ1v) is 7.80. The Kier molecular flexibility index (Phi) is 8.62. The lowest BCUT2D eigenvalue weighted by Gasteiger charge is -2.18. The van der Waals surface area contributed by atoms with E-state index in [1.807, 2.05) is 25.1 Å². The van der Waals surface area contributed by atoms with Crippen LogP contribution in [0.25, 0.3) is 10.8 Å². The molecule has 3 N–H and O–H groups in total. The van der Waals surface area contributed by atoms with Crippen LogP contribution in [-0.2, 0) is 9.53 Å². The average molecular weight is 337 g/mol. The van der Waals surface area contributed by atoms with Crippen LogP contribution in [0.2, 0.25) is 0 Å². The molecule has 4 nitrogen and oxygen atoms in total. The predicted octanol–water partition coefficient (Wildman–Crippen LogP) is 3.19. The van der Waals surface area contributed by atoms with Gasteiger partial charge < -0.3 is 15.8 Å². The minimum atomic E-state index is -0.149. The summed E-state index contributed by atoms with van der Waals surface area (Å²) in [6.07, 6.45) is 1.19. The van der Waals surface area contributed by atoms with Gasteiger partial charge in [-0.15, -0.1) is 12.4 Å². The second-order valence-corrected chi connectivity index (χ2v) is 5.26. The van der Waals surface area contributed by atoms with Gasteiger partial charge in [0.1, 0.15) is 0 Å². The number of carbonyl (C=O) groups excluding carboxylic acids is 1. The van der Waals surface area contributed by atoms with Crippen LogP contribution < -0.4 is 11.1 Å². The highest BCUT2D eigenvalue weighted by Crippen LogP contribution is 2.20. The van der Waals surface area contributed by atoms with Gasteiger partial charge in [0.15, 0.2) is 0 Å². The Hall–Kier alpha value is -1.62. The van der Waals surface area contributed by atoms with Gasteiger partial charge in [0.2, 0.25) is 5.91 Å². The van der Waals surface area contributed by atoms with E-state index in [4.69, 9.17) is 10.5 Å². The first kappa shape index (κ1) is 19.4. The van der Waals surface area contributed by atoms with Gasteiger partial charge in [-0.2, -0.15) is 0 Å². The van der Waals surface area contributed by atoms with E-state index in [0.29, 0.717) is 26.2 Å². The van der Waals surface area contributed by atoms with Gasteiger partial charge in [-0.05, 0) is 35.7 Å². The summed E-state index contributed by atoms with van der Waals surface area (Å²) in [5.41, 5.74) is 6.88. The summed E-state index contributed by atoms with van der Waals surface area (Å²) in [6, 6.07) is 14.2. The highest BCUT2D eigenvalue weighted by atomic mass is 35.5. The normalized spacial score (nSPS) is 11.7. The molecule has 1 amide bonds. The molecular weight excluding hydrogens is 312 g/mol. The SMILES string of the molecule is CCOCCCC(=O)NC(CN)c1ccc2ccccc2c1.Cl. The topological polar surface area (TPSA) is 64.3 Å². The summed E-state index contributed by atoms with van der Waals surface area (Å²) in [6.45, 7) is 3.64. The number of hydrogen-bond acceptors (Lipinski definition) is 3. The van der Waals surface area contributed by atoms with E-state index in [9.17, 15) is 4.79 Å². The largest absolute Gasteiger partial charge is 0.382 e. The zero-order valence-electron chi connectivity index (χ0n) is 13.5. The van der Waals surface area contributed by atoms with Gasteiger partial charge in [-0.25, -0.2) is 0 Å². The van der Waals surface area contributed by atoms with Crippen molar-refractivity contribution in [3.63, 3.8) is 0 Å². The second-order valence-electron chi connectivity index (χ2n) is 5.26. The van der Waals surface area contributed by atoms with Crippen molar-refractivity contribution in [1.29, 1.82) is 0 Å². The van der Waals surface area contributed by atoms with E-state index in [0.717, 1.165) is 17.4 Å². The summed E-state index contributed by atoms with van der Waals surface area (Å²) in [7, 11) is 0. The van der Waals surface area contributed by atoms with Crippen molar-refractivity contribution in [2.75, 3.05) is 19.8 Å². The van der Waals surface area contributed by atoms with Crippen molar-refractivity contribution in [2.24, 2.45) is 5.73 Å². The number of fused-ring (bicyclic) bond motifs is 1. The summed E-state index contributed by atoms with van der Waals surface area (Å²) < 4.78 is 5.24. The predicted molar refractivity (Wildman–Crippen MR) is 96.9 cm³/mol. The molecule has 2 rings (SSSR count). The Morgan fingerprint density at radius 3 is 2.65 bits per heavy atom. The highest BCUT2D eigenvalue weighted by molar-refractivity contribution is 5.85. The van der Waals surface area contributed by atoms with E-state index in [1.165, 1.54) is 5.39 Å². The second kappa shape index (κ2) is 10.2. The van der Waals surface area contributed by atoms with Gasteiger partial charge in [-0.3, -0.25) is 4.79 Å². The number of benzene rings is 2. The number of amides is 1. The fraction of sp³-hybridized carbons (Fsp3) is 0.389. The zero-order chi connectivity index (χ0) is 15.8. The minimum Gasteiger partial charge on any atom is -0.382 e. The molecule has 0 aliphatic heterocycles. The Morgan fingerprint density at radius 1 is 1.22 bits per heavy atom. The van der Waals surface area contributed by atoms with Gasteiger partial charge in [0.25, 0.3) is 0 Å². The molecule has 0 fully saturated rings. The number of nitrogens with two attached hydrogens (primary N) is 1. The van der Waals surface area contributed by atoms with E-state index >= 15 is 0 Å². The number of ether oxygens (including phenoxy) is 1. The number of rotatable bonds is 8. The molecule has 1 atom stereocenters. The van der Waals surface area contributed by atoms with Gasteiger partial charge in [-0.1, -0.05) is 36.4 Å². The van der Waals surface area contributed by atoms with E-state index in [-0.39, 0.29) is 24.4 Å². The molecule has 2 aromatic rings. The van der Waals surface area contributed by atoms with Gasteiger partial charge in [0, 0.05) is 26.2 Å². The first-order chi connectivity index (χ1) is 10.7. The molecule has 0 radical (unpaired) electrons. The van der Waals surface area contributed by atoms with Gasteiger partial charge >= 0.3 is 0 Å². The van der Waals surface area contributed by atoms with Crippen molar-refractivity contribution < 1.29 is 9.53 Å². The van der Waals surface area contributed by atoms with Crippen molar-refractivity contribution in [3.8, 4) is 0 Å². The third-order valence-electron chi connectivity index (χ3n) is 3.64. The van der Waals surface area contributed by atoms with E-state index in [2.05, 4.69) is 29.6 Å². The van der Waals surface area contributed by atoms with Crippen LogP contribution in [-0.4, -0.2) is 25.7 Å². The zero-order valence-corrected chi connectivity index (χ0v) is 14.3. The molecular formula is C18H25ClN2O2. The molecule has 0 aromatic heterocycles. The van der Waals surface area contributed by atoms with Crippen LogP contribution in [0.15, 0.2) is 42.5 Å². The molecule has 23 heavy (non-hydrogen) atoms. The number of carbonyl (C=O) groups is 1. The molecule has 5 heteroatoms.